The highest BCUT2D eigenvalue weighted by Gasteiger charge is 2.62. The quantitative estimate of drug-likeness (QED) is 0.862. The van der Waals surface area contributed by atoms with Crippen LogP contribution in [0.3, 0.4) is 0 Å². The van der Waals surface area contributed by atoms with Gasteiger partial charge in [0.05, 0.1) is 12.2 Å². The summed E-state index contributed by atoms with van der Waals surface area (Å²) in [7, 11) is -3.44. The molecule has 2 aliphatic carbocycles. The molecule has 1 aliphatic heterocycles. The van der Waals surface area contributed by atoms with Crippen LogP contribution in [0.15, 0.2) is 0 Å². The fraction of sp³-hybridized carbons (Fsp3) is 1.00. The van der Waals surface area contributed by atoms with Crippen LogP contribution in [0.25, 0.3) is 0 Å². The van der Waals surface area contributed by atoms with Crippen LogP contribution >= 0.6 is 0 Å². The molecule has 2 bridgehead atoms. The van der Waals surface area contributed by atoms with Crippen molar-refractivity contribution in [3.8, 4) is 0 Å². The Morgan fingerprint density at radius 1 is 1.14 bits per heavy atom. The number of rotatable bonds is 3. The van der Waals surface area contributed by atoms with Gasteiger partial charge in [-0.05, 0) is 49.9 Å². The second kappa shape index (κ2) is 5.16. The fourth-order valence-electron chi connectivity index (χ4n) is 4.96. The topological polar surface area (TPSA) is 58.6 Å². The van der Waals surface area contributed by atoms with E-state index in [2.05, 4.69) is 25.5 Å². The molecule has 0 aromatic heterocycles. The maximum atomic E-state index is 12.8. The Balaban J connectivity index is 1.76. The van der Waals surface area contributed by atoms with E-state index in [0.29, 0.717) is 19.0 Å². The summed E-state index contributed by atoms with van der Waals surface area (Å²) in [6, 6.07) is 0.0553. The van der Waals surface area contributed by atoms with Gasteiger partial charge in [-0.1, -0.05) is 20.8 Å². The first-order valence-electron chi connectivity index (χ1n) is 8.49. The van der Waals surface area contributed by atoms with E-state index in [9.17, 15) is 8.42 Å². The largest absolute Gasteiger partial charge is 0.373 e. The van der Waals surface area contributed by atoms with E-state index in [0.717, 1.165) is 12.8 Å². The Morgan fingerprint density at radius 3 is 2.18 bits per heavy atom. The molecule has 3 aliphatic rings. The zero-order valence-corrected chi connectivity index (χ0v) is 15.2. The summed E-state index contributed by atoms with van der Waals surface area (Å²) in [5, 5.41) is 0. The van der Waals surface area contributed by atoms with Crippen LogP contribution in [-0.4, -0.2) is 44.1 Å². The van der Waals surface area contributed by atoms with Crippen LogP contribution in [0.1, 0.15) is 53.9 Å². The first-order chi connectivity index (χ1) is 10.1. The highest BCUT2D eigenvalue weighted by Crippen LogP contribution is 2.65. The van der Waals surface area contributed by atoms with E-state index < -0.39 is 10.2 Å². The molecule has 6 heteroatoms. The minimum atomic E-state index is -3.44. The van der Waals surface area contributed by atoms with E-state index in [1.165, 1.54) is 6.42 Å². The summed E-state index contributed by atoms with van der Waals surface area (Å²) in [6.07, 6.45) is 3.22. The standard InChI is InChI=1S/C16H30N2O3S/c1-11-9-18(10-12(2)21-11)22(19,20)17-14-8-13-6-7-16(14,5)15(13,3)4/h11-14,17H,6-10H2,1-5H3/t11-,12+,13-,14+,16-/m1/s1. The number of hydrogen-bond acceptors (Lipinski definition) is 3. The lowest BCUT2D eigenvalue weighted by Crippen LogP contribution is -2.56. The van der Waals surface area contributed by atoms with E-state index in [-0.39, 0.29) is 29.1 Å². The van der Waals surface area contributed by atoms with Crippen molar-refractivity contribution in [3.63, 3.8) is 0 Å². The third-order valence-corrected chi connectivity index (χ3v) is 8.37. The van der Waals surface area contributed by atoms with Crippen LogP contribution in [0.4, 0.5) is 0 Å². The van der Waals surface area contributed by atoms with Crippen molar-refractivity contribution >= 4 is 10.2 Å². The number of fused-ring (bicyclic) bond motifs is 2. The van der Waals surface area contributed by atoms with E-state index in [4.69, 9.17) is 4.74 Å². The number of ether oxygens (including phenoxy) is 1. The van der Waals surface area contributed by atoms with Crippen LogP contribution in [-0.2, 0) is 14.9 Å². The summed E-state index contributed by atoms with van der Waals surface area (Å²) in [5.74, 6) is 0.632. The molecule has 3 fully saturated rings. The molecular formula is C16H30N2O3S. The summed E-state index contributed by atoms with van der Waals surface area (Å²) in [4.78, 5) is 0. The summed E-state index contributed by atoms with van der Waals surface area (Å²) in [5.41, 5.74) is 0.278. The molecule has 128 valence electrons. The first-order valence-corrected chi connectivity index (χ1v) is 9.93. The molecule has 22 heavy (non-hydrogen) atoms. The van der Waals surface area contributed by atoms with Gasteiger partial charge >= 0.3 is 0 Å². The second-order valence-electron chi connectivity index (χ2n) is 8.36. The Bertz CT molecular complexity index is 538. The van der Waals surface area contributed by atoms with Crippen molar-refractivity contribution in [1.29, 1.82) is 0 Å². The number of nitrogens with one attached hydrogen (secondary N) is 1. The molecule has 0 spiro atoms. The summed E-state index contributed by atoms with van der Waals surface area (Å²) in [6.45, 7) is 11.6. The molecule has 1 saturated heterocycles. The first kappa shape index (κ1) is 16.7. The molecule has 0 radical (unpaired) electrons. The Kier molecular flexibility index (Phi) is 3.91. The number of nitrogens with zero attached hydrogens (tertiary/aromatic N) is 1. The Labute approximate surface area is 135 Å². The lowest BCUT2D eigenvalue weighted by molar-refractivity contribution is -0.0446. The van der Waals surface area contributed by atoms with Crippen LogP contribution in [0.2, 0.25) is 0 Å². The lowest BCUT2D eigenvalue weighted by Gasteiger charge is -2.41. The molecule has 2 saturated carbocycles. The van der Waals surface area contributed by atoms with Gasteiger partial charge in [0.1, 0.15) is 0 Å². The van der Waals surface area contributed by atoms with E-state index in [1.54, 1.807) is 4.31 Å². The van der Waals surface area contributed by atoms with Crippen LogP contribution in [0.5, 0.6) is 0 Å². The molecule has 0 unspecified atom stereocenters. The predicted molar refractivity (Wildman–Crippen MR) is 86.7 cm³/mol. The van der Waals surface area contributed by atoms with Gasteiger partial charge in [0.2, 0.25) is 0 Å². The zero-order valence-electron chi connectivity index (χ0n) is 14.4. The smallest absolute Gasteiger partial charge is 0.279 e. The molecule has 5 nitrogen and oxygen atoms in total. The van der Waals surface area contributed by atoms with Gasteiger partial charge in [-0.3, -0.25) is 0 Å². The van der Waals surface area contributed by atoms with Crippen molar-refractivity contribution in [1.82, 2.24) is 9.03 Å². The molecular weight excluding hydrogens is 300 g/mol. The van der Waals surface area contributed by atoms with Crippen molar-refractivity contribution in [3.05, 3.63) is 0 Å². The van der Waals surface area contributed by atoms with Gasteiger partial charge in [-0.25, -0.2) is 0 Å². The monoisotopic (exact) mass is 330 g/mol. The molecule has 5 atom stereocenters. The van der Waals surface area contributed by atoms with Gasteiger partial charge in [-0.2, -0.15) is 17.4 Å². The third kappa shape index (κ3) is 2.43. The van der Waals surface area contributed by atoms with Gasteiger partial charge in [-0.15, -0.1) is 0 Å². The van der Waals surface area contributed by atoms with Crippen molar-refractivity contribution in [2.75, 3.05) is 13.1 Å². The van der Waals surface area contributed by atoms with Crippen LogP contribution in [0, 0.1) is 16.7 Å². The highest BCUT2D eigenvalue weighted by molar-refractivity contribution is 7.87. The second-order valence-corrected chi connectivity index (χ2v) is 10.1. The van der Waals surface area contributed by atoms with Gasteiger partial charge < -0.3 is 4.74 Å². The average molecular weight is 330 g/mol. The average Bonchev–Trinajstić information content (AvgIpc) is 2.70. The molecule has 3 rings (SSSR count). The predicted octanol–water partition coefficient (Wildman–Crippen LogP) is 2.14. The Hall–Kier alpha value is -0.170. The zero-order chi connectivity index (χ0) is 16.3. The van der Waals surface area contributed by atoms with Crippen molar-refractivity contribution in [2.45, 2.75) is 72.1 Å². The molecule has 1 heterocycles. The molecule has 1 N–H and O–H groups in total. The highest BCUT2D eigenvalue weighted by atomic mass is 32.2. The lowest BCUT2D eigenvalue weighted by atomic mass is 9.69. The Morgan fingerprint density at radius 2 is 1.73 bits per heavy atom. The maximum absolute atomic E-state index is 12.8. The van der Waals surface area contributed by atoms with Gasteiger partial charge in [0, 0.05) is 19.1 Å². The molecule has 0 amide bonds. The van der Waals surface area contributed by atoms with Crippen LogP contribution < -0.4 is 4.72 Å². The fourth-order valence-corrected chi connectivity index (χ4v) is 6.64. The third-order valence-electron chi connectivity index (χ3n) is 6.81. The van der Waals surface area contributed by atoms with E-state index >= 15 is 0 Å². The van der Waals surface area contributed by atoms with Gasteiger partial charge in [0.15, 0.2) is 0 Å². The summed E-state index contributed by atoms with van der Waals surface area (Å²) < 4.78 is 35.9. The van der Waals surface area contributed by atoms with Crippen molar-refractivity contribution in [2.24, 2.45) is 16.7 Å². The normalized spacial score (nSPS) is 45.3. The number of hydrogen-bond donors (Lipinski definition) is 1. The minimum Gasteiger partial charge on any atom is -0.373 e. The number of morpholine rings is 1. The van der Waals surface area contributed by atoms with Crippen molar-refractivity contribution < 1.29 is 13.2 Å². The molecule has 0 aromatic carbocycles. The maximum Gasteiger partial charge on any atom is 0.279 e. The summed E-state index contributed by atoms with van der Waals surface area (Å²) >= 11 is 0. The molecule has 0 aromatic rings. The minimum absolute atomic E-state index is 0.0487. The SMILES string of the molecule is C[C@@H]1CN(S(=O)(=O)N[C@H]2C[C@H]3CC[C@@]2(C)C3(C)C)C[C@H](C)O1. The van der Waals surface area contributed by atoms with E-state index in [1.807, 2.05) is 13.8 Å². The van der Waals surface area contributed by atoms with Gasteiger partial charge in [0.25, 0.3) is 10.2 Å².